The number of aromatic nitrogens is 2. The first kappa shape index (κ1) is 30.5. The normalized spacial score (nSPS) is 11.4. The van der Waals surface area contributed by atoms with Gasteiger partial charge in [0.2, 0.25) is 0 Å². The monoisotopic (exact) mass is 538 g/mol. The van der Waals surface area contributed by atoms with Crippen LogP contribution in [0.4, 0.5) is 0 Å². The Kier molecular flexibility index (Phi) is 28.0. The second kappa shape index (κ2) is 24.8. The quantitative estimate of drug-likeness (QED) is 0.257. The summed E-state index contributed by atoms with van der Waals surface area (Å²) < 4.78 is 0. The van der Waals surface area contributed by atoms with Crippen LogP contribution in [-0.2, 0) is 39.0 Å². The Hall–Kier alpha value is -1.23. The van der Waals surface area contributed by atoms with Crippen molar-refractivity contribution in [2.24, 2.45) is 0 Å². The van der Waals surface area contributed by atoms with E-state index < -0.39 is 0 Å². The Morgan fingerprint density at radius 1 is 1.11 bits per heavy atom. The third-order valence-electron chi connectivity index (χ3n) is 3.02. The Labute approximate surface area is 191 Å². The van der Waals surface area contributed by atoms with Crippen molar-refractivity contribution in [2.45, 2.75) is 47.0 Å². The number of aromatic amines is 2. The van der Waals surface area contributed by atoms with E-state index in [1.807, 2.05) is 36.7 Å². The molecule has 2 aromatic rings. The Morgan fingerprint density at radius 2 is 1.70 bits per heavy atom. The van der Waals surface area contributed by atoms with E-state index in [1.54, 1.807) is 0 Å². The molecule has 0 fully saturated rings. The van der Waals surface area contributed by atoms with Gasteiger partial charge in [0.25, 0.3) is 0 Å². The van der Waals surface area contributed by atoms with Gasteiger partial charge in [0, 0.05) is 0 Å². The molecule has 27 heavy (non-hydrogen) atoms. The molecule has 2 heterocycles. The van der Waals surface area contributed by atoms with E-state index in [0.717, 1.165) is 19.3 Å². The van der Waals surface area contributed by atoms with Gasteiger partial charge >= 0.3 is 39.0 Å². The van der Waals surface area contributed by atoms with Crippen LogP contribution in [0.25, 0.3) is 0 Å². The number of nitrogens with one attached hydrogen (secondary N) is 2. The molecule has 0 amide bonds. The standard InChI is InChI=1S/C9H15.C6H7.2C4H4N.2Ru/c1-4-7-8-9(5-2)6-3;1-6-4-2-3-5-6;2*1-2-4-5-3-1;;/h5,8H,4,6H2,1-3H3;2,4H,3H2,1H3;2*1-3,5H;;/q4*-1;2*+2. The van der Waals surface area contributed by atoms with Gasteiger partial charge < -0.3 is 9.97 Å². The minimum absolute atomic E-state index is 0. The Balaban J connectivity index is -0.000000284. The molecule has 0 aromatic carbocycles. The molecule has 0 spiro atoms. The van der Waals surface area contributed by atoms with Crippen molar-refractivity contribution in [1.29, 1.82) is 0 Å². The predicted molar refractivity (Wildman–Crippen MR) is 108 cm³/mol. The number of hydrogen-bond acceptors (Lipinski definition) is 0. The van der Waals surface area contributed by atoms with Gasteiger partial charge in [0.1, 0.15) is 0 Å². The topological polar surface area (TPSA) is 31.6 Å². The van der Waals surface area contributed by atoms with Crippen LogP contribution in [0.1, 0.15) is 47.0 Å². The molecular formula is C23H30N2Ru2. The van der Waals surface area contributed by atoms with Crippen LogP contribution in [0.3, 0.4) is 0 Å². The fourth-order valence-electron chi connectivity index (χ4n) is 1.62. The van der Waals surface area contributed by atoms with Crippen molar-refractivity contribution in [2.75, 3.05) is 0 Å². The van der Waals surface area contributed by atoms with Gasteiger partial charge in [-0.2, -0.15) is 48.8 Å². The van der Waals surface area contributed by atoms with Crippen LogP contribution in [0.2, 0.25) is 0 Å². The van der Waals surface area contributed by atoms with Gasteiger partial charge in [-0.3, -0.25) is 12.2 Å². The summed E-state index contributed by atoms with van der Waals surface area (Å²) in [5.74, 6) is 0. The first-order valence-corrected chi connectivity index (χ1v) is 8.69. The third kappa shape index (κ3) is 22.7. The van der Waals surface area contributed by atoms with Gasteiger partial charge in [-0.05, 0) is 0 Å². The molecule has 4 heteroatoms. The van der Waals surface area contributed by atoms with Crippen molar-refractivity contribution in [1.82, 2.24) is 9.97 Å². The maximum Gasteiger partial charge on any atom is 2.00 e. The number of hydrogen-bond donors (Lipinski definition) is 2. The first-order chi connectivity index (χ1) is 12.2. The average molecular weight is 537 g/mol. The van der Waals surface area contributed by atoms with Gasteiger partial charge in [-0.25, -0.2) is 23.3 Å². The molecule has 1 aliphatic carbocycles. The summed E-state index contributed by atoms with van der Waals surface area (Å²) in [6.07, 6.45) is 26.9. The zero-order chi connectivity index (χ0) is 18.6. The number of allylic oxidation sites excluding steroid dienone is 8. The molecule has 3 rings (SSSR count). The SMILES string of the molecule is CC1=[C-]CC=C1.CC=C(C=[C-]CC)CC.[Ru+2].[Ru+2].[c-]1ccc[nH]1.[c-]1ccc[nH]1. The second-order valence-corrected chi connectivity index (χ2v) is 5.01. The summed E-state index contributed by atoms with van der Waals surface area (Å²) >= 11 is 0. The fraction of sp³-hybridized carbons (Fsp3) is 0.304. The van der Waals surface area contributed by atoms with Gasteiger partial charge in [0.05, 0.1) is 0 Å². The summed E-state index contributed by atoms with van der Waals surface area (Å²) in [6.45, 7) is 8.37. The minimum atomic E-state index is 0. The Bertz CT molecular complexity index is 529. The Morgan fingerprint density at radius 3 is 1.89 bits per heavy atom. The summed E-state index contributed by atoms with van der Waals surface area (Å²) in [6, 6.07) is 7.42. The zero-order valence-electron chi connectivity index (χ0n) is 16.6. The molecule has 0 saturated carbocycles. The third-order valence-corrected chi connectivity index (χ3v) is 3.02. The minimum Gasteiger partial charge on any atom is -0.484 e. The van der Waals surface area contributed by atoms with Crippen LogP contribution in [0.15, 0.2) is 72.1 Å². The maximum atomic E-state index is 3.16. The molecule has 2 aromatic heterocycles. The smallest absolute Gasteiger partial charge is 0.484 e. The molecule has 148 valence electrons. The summed E-state index contributed by atoms with van der Waals surface area (Å²) in [4.78, 5) is 5.47. The van der Waals surface area contributed by atoms with E-state index in [2.05, 4.69) is 86.5 Å². The molecule has 0 aliphatic heterocycles. The van der Waals surface area contributed by atoms with Gasteiger partial charge in [0.15, 0.2) is 0 Å². The van der Waals surface area contributed by atoms with Crippen LogP contribution in [0, 0.1) is 24.5 Å². The predicted octanol–water partition coefficient (Wildman–Crippen LogP) is 6.43. The summed E-state index contributed by atoms with van der Waals surface area (Å²) in [5, 5.41) is 0. The van der Waals surface area contributed by atoms with E-state index in [4.69, 9.17) is 0 Å². The fourth-order valence-corrected chi connectivity index (χ4v) is 1.62. The average Bonchev–Trinajstić information content (AvgIpc) is 3.41. The molecule has 1 aliphatic rings. The molecule has 0 unspecified atom stereocenters. The van der Waals surface area contributed by atoms with E-state index in [0.29, 0.717) is 0 Å². The molecule has 0 atom stereocenters. The van der Waals surface area contributed by atoms with Crippen LogP contribution in [-0.4, -0.2) is 9.97 Å². The molecule has 2 nitrogen and oxygen atoms in total. The molecule has 0 bridgehead atoms. The first-order valence-electron chi connectivity index (χ1n) is 8.69. The largest absolute Gasteiger partial charge is 2.00 e. The van der Waals surface area contributed by atoms with Crippen molar-refractivity contribution >= 4 is 0 Å². The van der Waals surface area contributed by atoms with E-state index >= 15 is 0 Å². The van der Waals surface area contributed by atoms with Crippen LogP contribution < -0.4 is 0 Å². The molecular weight excluding hydrogens is 506 g/mol. The second-order valence-electron chi connectivity index (χ2n) is 5.01. The van der Waals surface area contributed by atoms with Crippen LogP contribution in [0.5, 0.6) is 0 Å². The van der Waals surface area contributed by atoms with Gasteiger partial charge in [-0.15, -0.1) is 25.2 Å². The summed E-state index contributed by atoms with van der Waals surface area (Å²) in [7, 11) is 0. The van der Waals surface area contributed by atoms with E-state index in [-0.39, 0.29) is 39.0 Å². The zero-order valence-corrected chi connectivity index (χ0v) is 20.1. The van der Waals surface area contributed by atoms with Crippen LogP contribution >= 0.6 is 0 Å². The summed E-state index contributed by atoms with van der Waals surface area (Å²) in [5.41, 5.74) is 2.65. The van der Waals surface area contributed by atoms with E-state index in [9.17, 15) is 0 Å². The van der Waals surface area contributed by atoms with Crippen molar-refractivity contribution in [3.05, 3.63) is 96.7 Å². The van der Waals surface area contributed by atoms with Crippen molar-refractivity contribution in [3.63, 3.8) is 0 Å². The molecule has 2 N–H and O–H groups in total. The van der Waals surface area contributed by atoms with Gasteiger partial charge in [-0.1, -0.05) is 34.1 Å². The van der Waals surface area contributed by atoms with E-state index in [1.165, 1.54) is 11.1 Å². The van der Waals surface area contributed by atoms with Crippen molar-refractivity contribution < 1.29 is 39.0 Å². The number of H-pyrrole nitrogens is 2. The van der Waals surface area contributed by atoms with Crippen molar-refractivity contribution in [3.8, 4) is 0 Å². The molecule has 0 radical (unpaired) electrons. The number of rotatable bonds is 3. The maximum absolute atomic E-state index is 3.16. The molecule has 0 saturated heterocycles.